The van der Waals surface area contributed by atoms with E-state index in [0.717, 1.165) is 17.6 Å². The van der Waals surface area contributed by atoms with E-state index in [1.54, 1.807) is 0 Å². The van der Waals surface area contributed by atoms with Gasteiger partial charge >= 0.3 is 5.97 Å². The van der Waals surface area contributed by atoms with Crippen LogP contribution in [0.2, 0.25) is 0 Å². The van der Waals surface area contributed by atoms with E-state index < -0.39 is 18.2 Å². The van der Waals surface area contributed by atoms with Crippen LogP contribution in [0, 0.1) is 6.92 Å². The number of aromatic nitrogens is 1. The monoisotopic (exact) mass is 316 g/mol. The van der Waals surface area contributed by atoms with E-state index in [-0.39, 0.29) is 5.91 Å². The first-order valence-corrected chi connectivity index (χ1v) is 7.78. The van der Waals surface area contributed by atoms with Crippen LogP contribution < -0.4 is 5.32 Å². The molecule has 3 N–H and O–H groups in total. The van der Waals surface area contributed by atoms with E-state index in [9.17, 15) is 9.59 Å². The molecule has 0 aliphatic carbocycles. The third-order valence-corrected chi connectivity index (χ3v) is 4.29. The Labute approximate surface area is 133 Å². The molecular formula is C17H20N2O4. The zero-order chi connectivity index (χ0) is 16.4. The minimum Gasteiger partial charge on any atom is -0.479 e. The van der Waals surface area contributed by atoms with Crippen LogP contribution in [0.5, 0.6) is 0 Å². The fourth-order valence-electron chi connectivity index (χ4n) is 3.09. The molecule has 122 valence electrons. The number of fused-ring (bicyclic) bond motifs is 1. The lowest BCUT2D eigenvalue weighted by Crippen LogP contribution is -2.36. The summed E-state index contributed by atoms with van der Waals surface area (Å²) < 4.78 is 5.25. The summed E-state index contributed by atoms with van der Waals surface area (Å²) in [4.78, 5) is 26.2. The van der Waals surface area contributed by atoms with Gasteiger partial charge in [-0.05, 0) is 37.8 Å². The molecule has 1 fully saturated rings. The number of para-hydroxylation sites is 1. The average molecular weight is 316 g/mol. The molecule has 0 saturated carbocycles. The number of ether oxygens (including phenoxy) is 1. The molecule has 1 aromatic carbocycles. The fourth-order valence-corrected chi connectivity index (χ4v) is 3.09. The second-order valence-corrected chi connectivity index (χ2v) is 5.84. The normalized spacial score (nSPS) is 20.7. The van der Waals surface area contributed by atoms with Gasteiger partial charge in [0.25, 0.3) is 0 Å². The average Bonchev–Trinajstić information content (AvgIpc) is 3.12. The molecule has 0 unspecified atom stereocenters. The van der Waals surface area contributed by atoms with Crippen LogP contribution in [0.1, 0.15) is 24.1 Å². The minimum absolute atomic E-state index is 0.230. The quantitative estimate of drug-likeness (QED) is 0.784. The molecule has 1 aliphatic heterocycles. The van der Waals surface area contributed by atoms with Crippen molar-refractivity contribution in [3.63, 3.8) is 0 Å². The third-order valence-electron chi connectivity index (χ3n) is 4.29. The van der Waals surface area contributed by atoms with Crippen molar-refractivity contribution in [2.24, 2.45) is 0 Å². The van der Waals surface area contributed by atoms with E-state index in [2.05, 4.69) is 16.4 Å². The molecule has 23 heavy (non-hydrogen) atoms. The van der Waals surface area contributed by atoms with Crippen molar-refractivity contribution < 1.29 is 19.4 Å². The topological polar surface area (TPSA) is 91.4 Å². The first-order valence-electron chi connectivity index (χ1n) is 7.78. The van der Waals surface area contributed by atoms with Crippen LogP contribution in [0.25, 0.3) is 10.9 Å². The van der Waals surface area contributed by atoms with Gasteiger partial charge in [-0.1, -0.05) is 18.2 Å². The number of amides is 1. The molecule has 1 aromatic heterocycles. The number of nitrogens with one attached hydrogen (secondary N) is 2. The third kappa shape index (κ3) is 3.22. The number of carboxylic acids is 1. The molecule has 2 atom stereocenters. The second kappa shape index (κ2) is 6.42. The number of carbonyl (C=O) groups excluding carboxylic acids is 1. The Hall–Kier alpha value is -2.34. The summed E-state index contributed by atoms with van der Waals surface area (Å²) in [5, 5.41) is 12.9. The number of carboxylic acid groups (broad SMARTS) is 1. The van der Waals surface area contributed by atoms with Gasteiger partial charge in [0.15, 0.2) is 6.10 Å². The van der Waals surface area contributed by atoms with Crippen molar-refractivity contribution in [3.05, 3.63) is 35.5 Å². The van der Waals surface area contributed by atoms with Crippen LogP contribution in [-0.2, 0) is 20.7 Å². The van der Waals surface area contributed by atoms with Crippen molar-refractivity contribution in [2.45, 2.75) is 38.4 Å². The highest BCUT2D eigenvalue weighted by atomic mass is 16.5. The summed E-state index contributed by atoms with van der Waals surface area (Å²) in [6.07, 6.45) is 0.0439. The summed E-state index contributed by atoms with van der Waals surface area (Å²) in [6, 6.07) is 8.08. The van der Waals surface area contributed by atoms with Crippen LogP contribution in [0.15, 0.2) is 24.3 Å². The van der Waals surface area contributed by atoms with Crippen LogP contribution in [0.4, 0.5) is 0 Å². The lowest BCUT2D eigenvalue weighted by Gasteiger charge is -2.11. The Kier molecular flexibility index (Phi) is 4.34. The predicted octanol–water partition coefficient (Wildman–Crippen LogP) is 1.77. The number of rotatable bonds is 5. The van der Waals surface area contributed by atoms with Crippen LogP contribution >= 0.6 is 0 Å². The first kappa shape index (κ1) is 15.6. The van der Waals surface area contributed by atoms with E-state index in [1.807, 2.05) is 25.1 Å². The van der Waals surface area contributed by atoms with Gasteiger partial charge in [-0.2, -0.15) is 0 Å². The number of aliphatic carboxylic acids is 1. The Balaban J connectivity index is 1.56. The number of aryl methyl sites for hydroxylation is 1. The van der Waals surface area contributed by atoms with Crippen LogP contribution in [-0.4, -0.2) is 40.7 Å². The number of hydrogen-bond donors (Lipinski definition) is 3. The maximum Gasteiger partial charge on any atom is 0.332 e. The van der Waals surface area contributed by atoms with Gasteiger partial charge in [0.05, 0.1) is 0 Å². The van der Waals surface area contributed by atoms with Gasteiger partial charge in [0.1, 0.15) is 6.10 Å². The van der Waals surface area contributed by atoms with Crippen LogP contribution in [0.3, 0.4) is 0 Å². The maximum atomic E-state index is 12.1. The zero-order valence-electron chi connectivity index (χ0n) is 13.0. The standard InChI is InChI=1S/C17H20N2O4/c1-10-11(12-4-2-3-5-13(12)19-10)8-9-18-16(20)14-6-7-15(23-14)17(21)22/h2-5,14-15,19H,6-9H2,1H3,(H,18,20)(H,21,22)/t14-,15+/m0/s1. The fraction of sp³-hybridized carbons (Fsp3) is 0.412. The maximum absolute atomic E-state index is 12.1. The van der Waals surface area contributed by atoms with E-state index in [4.69, 9.17) is 9.84 Å². The summed E-state index contributed by atoms with van der Waals surface area (Å²) in [6.45, 7) is 2.52. The molecular weight excluding hydrogens is 296 g/mol. The largest absolute Gasteiger partial charge is 0.479 e. The highest BCUT2D eigenvalue weighted by Gasteiger charge is 2.34. The molecule has 6 heteroatoms. The van der Waals surface area contributed by atoms with Gasteiger partial charge in [-0.15, -0.1) is 0 Å². The van der Waals surface area contributed by atoms with Gasteiger partial charge in [0, 0.05) is 23.1 Å². The van der Waals surface area contributed by atoms with Crippen molar-refractivity contribution in [3.8, 4) is 0 Å². The lowest BCUT2D eigenvalue weighted by atomic mass is 10.1. The van der Waals surface area contributed by atoms with Gasteiger partial charge in [-0.25, -0.2) is 4.79 Å². The molecule has 0 bridgehead atoms. The second-order valence-electron chi connectivity index (χ2n) is 5.84. The van der Waals surface area contributed by atoms with Crippen molar-refractivity contribution in [1.29, 1.82) is 0 Å². The highest BCUT2D eigenvalue weighted by Crippen LogP contribution is 2.22. The van der Waals surface area contributed by atoms with Crippen molar-refractivity contribution in [1.82, 2.24) is 10.3 Å². The Morgan fingerprint density at radius 1 is 1.30 bits per heavy atom. The molecule has 0 spiro atoms. The predicted molar refractivity (Wildman–Crippen MR) is 85.3 cm³/mol. The minimum atomic E-state index is -1.00. The van der Waals surface area contributed by atoms with Gasteiger partial charge in [-0.3, -0.25) is 4.79 Å². The smallest absolute Gasteiger partial charge is 0.332 e. The molecule has 2 aromatic rings. The summed E-state index contributed by atoms with van der Waals surface area (Å²) in [5.74, 6) is -1.24. The number of H-pyrrole nitrogens is 1. The van der Waals surface area contributed by atoms with E-state index >= 15 is 0 Å². The Morgan fingerprint density at radius 2 is 2.04 bits per heavy atom. The lowest BCUT2D eigenvalue weighted by molar-refractivity contribution is -0.151. The van der Waals surface area contributed by atoms with Crippen molar-refractivity contribution in [2.75, 3.05) is 6.54 Å². The number of aromatic amines is 1. The summed E-state index contributed by atoms with van der Waals surface area (Å²) >= 11 is 0. The van der Waals surface area contributed by atoms with Gasteiger partial charge in [0.2, 0.25) is 5.91 Å². The summed E-state index contributed by atoms with van der Waals surface area (Å²) in [7, 11) is 0. The Morgan fingerprint density at radius 3 is 2.78 bits per heavy atom. The molecule has 1 amide bonds. The first-order chi connectivity index (χ1) is 11.1. The zero-order valence-corrected chi connectivity index (χ0v) is 13.0. The summed E-state index contributed by atoms with van der Waals surface area (Å²) in [5.41, 5.74) is 3.38. The SMILES string of the molecule is Cc1[nH]c2ccccc2c1CCNC(=O)[C@@H]1CC[C@H](C(=O)O)O1. The highest BCUT2D eigenvalue weighted by molar-refractivity contribution is 5.85. The van der Waals surface area contributed by atoms with Gasteiger partial charge < -0.3 is 20.1 Å². The molecule has 0 radical (unpaired) electrons. The molecule has 3 rings (SSSR count). The Bertz CT molecular complexity index is 737. The number of benzene rings is 1. The molecule has 1 saturated heterocycles. The molecule has 2 heterocycles. The molecule has 6 nitrogen and oxygen atoms in total. The number of hydrogen-bond acceptors (Lipinski definition) is 3. The van der Waals surface area contributed by atoms with Crippen molar-refractivity contribution >= 4 is 22.8 Å². The van der Waals surface area contributed by atoms with E-state index in [1.165, 1.54) is 10.9 Å². The molecule has 1 aliphatic rings. The number of carbonyl (C=O) groups is 2. The van der Waals surface area contributed by atoms with E-state index in [0.29, 0.717) is 19.4 Å².